The van der Waals surface area contributed by atoms with Gasteiger partial charge in [-0.2, -0.15) is 0 Å². The maximum atomic E-state index is 13.7. The van der Waals surface area contributed by atoms with E-state index in [-0.39, 0.29) is 23.0 Å². The van der Waals surface area contributed by atoms with Crippen molar-refractivity contribution in [3.05, 3.63) is 69.3 Å². The Kier molecular flexibility index (Phi) is 6.20. The van der Waals surface area contributed by atoms with Crippen LogP contribution in [-0.4, -0.2) is 23.5 Å². The molecule has 1 aromatic heterocycles. The summed E-state index contributed by atoms with van der Waals surface area (Å²) in [7, 11) is 0. The molecule has 0 atom stereocenters. The van der Waals surface area contributed by atoms with E-state index >= 15 is 0 Å². The van der Waals surface area contributed by atoms with Crippen LogP contribution in [0, 0.1) is 11.6 Å². The van der Waals surface area contributed by atoms with Gasteiger partial charge in [-0.15, -0.1) is 0 Å². The van der Waals surface area contributed by atoms with Gasteiger partial charge in [0.15, 0.2) is 0 Å². The number of hydrogen-bond acceptors (Lipinski definition) is 3. The summed E-state index contributed by atoms with van der Waals surface area (Å²) in [5, 5.41) is 3.39. The number of fused-ring (bicyclic) bond motifs is 1. The van der Waals surface area contributed by atoms with Crippen LogP contribution in [0.1, 0.15) is 23.0 Å². The highest BCUT2D eigenvalue weighted by Gasteiger charge is 2.20. The molecule has 29 heavy (non-hydrogen) atoms. The van der Waals surface area contributed by atoms with Crippen molar-refractivity contribution in [3.8, 4) is 0 Å². The molecule has 2 N–H and O–H groups in total. The molecule has 0 aliphatic rings. The number of esters is 1. The fourth-order valence-corrected chi connectivity index (χ4v) is 3.32. The summed E-state index contributed by atoms with van der Waals surface area (Å²) >= 11 is 12.3. The first-order valence-electron chi connectivity index (χ1n) is 8.42. The summed E-state index contributed by atoms with van der Waals surface area (Å²) in [5.41, 5.74) is 0.698. The van der Waals surface area contributed by atoms with E-state index in [1.165, 1.54) is 12.1 Å². The minimum atomic E-state index is -0.913. The van der Waals surface area contributed by atoms with Crippen LogP contribution in [0.4, 0.5) is 14.5 Å². The van der Waals surface area contributed by atoms with Gasteiger partial charge in [-0.25, -0.2) is 13.6 Å². The van der Waals surface area contributed by atoms with E-state index in [2.05, 4.69) is 10.3 Å². The second kappa shape index (κ2) is 8.63. The third-order valence-electron chi connectivity index (χ3n) is 3.92. The molecule has 3 aromatic rings. The highest BCUT2D eigenvalue weighted by atomic mass is 35.5. The third kappa shape index (κ3) is 4.58. The molecule has 0 aliphatic carbocycles. The van der Waals surface area contributed by atoms with Gasteiger partial charge in [-0.3, -0.25) is 4.79 Å². The van der Waals surface area contributed by atoms with Crippen molar-refractivity contribution in [3.63, 3.8) is 0 Å². The van der Waals surface area contributed by atoms with Gasteiger partial charge in [0.05, 0.1) is 17.3 Å². The molecule has 0 saturated carbocycles. The molecular formula is C20H14Cl2F2N2O3. The van der Waals surface area contributed by atoms with Crippen LogP contribution in [0.15, 0.2) is 36.4 Å². The minimum Gasteiger partial charge on any atom is -0.461 e. The average molecular weight is 439 g/mol. The van der Waals surface area contributed by atoms with Gasteiger partial charge in [0.2, 0.25) is 5.91 Å². The standard InChI is InChI=1S/C20H14Cl2F2N2O3/c1-2-29-20(28)19-12(18-13(22)7-10(21)8-16(18)26-19)4-6-17(27)25-15-5-3-11(23)9-14(15)24/h3-9,26H,2H2,1H3,(H,25,27). The summed E-state index contributed by atoms with van der Waals surface area (Å²) in [5.74, 6) is -3.00. The van der Waals surface area contributed by atoms with Gasteiger partial charge in [0.25, 0.3) is 0 Å². The number of H-pyrrole nitrogens is 1. The molecule has 9 heteroatoms. The second-order valence-corrected chi connectivity index (χ2v) is 6.73. The first-order valence-corrected chi connectivity index (χ1v) is 9.17. The Hall–Kier alpha value is -2.90. The average Bonchev–Trinajstić information content (AvgIpc) is 3.01. The third-order valence-corrected chi connectivity index (χ3v) is 4.44. The van der Waals surface area contributed by atoms with Crippen molar-refractivity contribution in [1.82, 2.24) is 4.98 Å². The molecule has 5 nitrogen and oxygen atoms in total. The predicted octanol–water partition coefficient (Wildman–Crippen LogP) is 5.58. The number of carbonyl (C=O) groups is 2. The second-order valence-electron chi connectivity index (χ2n) is 5.89. The summed E-state index contributed by atoms with van der Waals surface area (Å²) in [6, 6.07) is 5.85. The van der Waals surface area contributed by atoms with E-state index in [1.807, 2.05) is 0 Å². The fourth-order valence-electron chi connectivity index (χ4n) is 2.73. The maximum Gasteiger partial charge on any atom is 0.355 e. The zero-order valence-corrected chi connectivity index (χ0v) is 16.5. The molecule has 3 rings (SSSR count). The van der Waals surface area contributed by atoms with Crippen LogP contribution < -0.4 is 5.32 Å². The molecule has 1 amide bonds. The van der Waals surface area contributed by atoms with Crippen LogP contribution in [-0.2, 0) is 9.53 Å². The number of rotatable bonds is 5. The largest absolute Gasteiger partial charge is 0.461 e. The minimum absolute atomic E-state index is 0.0861. The van der Waals surface area contributed by atoms with Crippen molar-refractivity contribution >= 4 is 57.7 Å². The number of nitrogens with one attached hydrogen (secondary N) is 2. The molecule has 0 saturated heterocycles. The molecule has 1 heterocycles. The topological polar surface area (TPSA) is 71.2 Å². The van der Waals surface area contributed by atoms with E-state index in [1.54, 1.807) is 13.0 Å². The molecule has 0 aliphatic heterocycles. The Morgan fingerprint density at radius 1 is 1.21 bits per heavy atom. The number of amides is 1. The smallest absolute Gasteiger partial charge is 0.355 e. The van der Waals surface area contributed by atoms with Crippen molar-refractivity contribution in [1.29, 1.82) is 0 Å². The first kappa shape index (κ1) is 20.8. The molecular weight excluding hydrogens is 425 g/mol. The first-order chi connectivity index (χ1) is 13.8. The normalized spacial score (nSPS) is 11.2. The highest BCUT2D eigenvalue weighted by molar-refractivity contribution is 6.39. The summed E-state index contributed by atoms with van der Waals surface area (Å²) in [6.07, 6.45) is 2.45. The Morgan fingerprint density at radius 2 is 1.97 bits per heavy atom. The molecule has 2 aromatic carbocycles. The SMILES string of the molecule is CCOC(=O)c1[nH]c2cc(Cl)cc(Cl)c2c1C=CC(=O)Nc1ccc(F)cc1F. The van der Waals surface area contributed by atoms with Crippen molar-refractivity contribution < 1.29 is 23.1 Å². The van der Waals surface area contributed by atoms with E-state index in [0.717, 1.165) is 18.2 Å². The van der Waals surface area contributed by atoms with E-state index in [0.29, 0.717) is 27.6 Å². The number of ether oxygens (including phenoxy) is 1. The lowest BCUT2D eigenvalue weighted by molar-refractivity contribution is -0.111. The van der Waals surface area contributed by atoms with Gasteiger partial charge in [-0.05, 0) is 37.3 Å². The maximum absolute atomic E-state index is 13.7. The van der Waals surface area contributed by atoms with Gasteiger partial charge < -0.3 is 15.0 Å². The summed E-state index contributed by atoms with van der Waals surface area (Å²) in [6.45, 7) is 1.81. The number of hydrogen-bond donors (Lipinski definition) is 2. The molecule has 0 unspecified atom stereocenters. The van der Waals surface area contributed by atoms with Crippen LogP contribution in [0.2, 0.25) is 10.0 Å². The number of aromatic nitrogens is 1. The molecule has 150 valence electrons. The summed E-state index contributed by atoms with van der Waals surface area (Å²) in [4.78, 5) is 27.4. The van der Waals surface area contributed by atoms with E-state index < -0.39 is 23.5 Å². The molecule has 0 spiro atoms. The Labute approximate surface area is 174 Å². The van der Waals surface area contributed by atoms with Crippen molar-refractivity contribution in [2.75, 3.05) is 11.9 Å². The lowest BCUT2D eigenvalue weighted by atomic mass is 10.1. The van der Waals surface area contributed by atoms with Crippen LogP contribution in [0.3, 0.4) is 0 Å². The molecule has 0 fully saturated rings. The Balaban J connectivity index is 1.98. The lowest BCUT2D eigenvalue weighted by Crippen LogP contribution is -2.10. The fraction of sp³-hybridized carbons (Fsp3) is 0.100. The number of carbonyl (C=O) groups excluding carboxylic acids is 2. The zero-order chi connectivity index (χ0) is 21.1. The monoisotopic (exact) mass is 438 g/mol. The quantitative estimate of drug-likeness (QED) is 0.403. The molecule has 0 bridgehead atoms. The van der Waals surface area contributed by atoms with Gasteiger partial charge in [-0.1, -0.05) is 23.2 Å². The highest BCUT2D eigenvalue weighted by Crippen LogP contribution is 2.33. The zero-order valence-electron chi connectivity index (χ0n) is 15.0. The van der Waals surface area contributed by atoms with Crippen molar-refractivity contribution in [2.24, 2.45) is 0 Å². The van der Waals surface area contributed by atoms with E-state index in [4.69, 9.17) is 27.9 Å². The van der Waals surface area contributed by atoms with Gasteiger partial charge in [0.1, 0.15) is 17.3 Å². The molecule has 0 radical (unpaired) electrons. The number of benzene rings is 2. The summed E-state index contributed by atoms with van der Waals surface area (Å²) < 4.78 is 31.7. The predicted molar refractivity (Wildman–Crippen MR) is 108 cm³/mol. The van der Waals surface area contributed by atoms with Gasteiger partial charge >= 0.3 is 5.97 Å². The van der Waals surface area contributed by atoms with Crippen molar-refractivity contribution in [2.45, 2.75) is 6.92 Å². The van der Waals surface area contributed by atoms with Crippen LogP contribution in [0.25, 0.3) is 17.0 Å². The number of halogens is 4. The number of anilines is 1. The Bertz CT molecular complexity index is 1140. The van der Waals surface area contributed by atoms with Crippen LogP contribution in [0.5, 0.6) is 0 Å². The van der Waals surface area contributed by atoms with Gasteiger partial charge in [0, 0.05) is 33.6 Å². The van der Waals surface area contributed by atoms with Crippen LogP contribution >= 0.6 is 23.2 Å². The lowest BCUT2D eigenvalue weighted by Gasteiger charge is -2.04. The van der Waals surface area contributed by atoms with E-state index in [9.17, 15) is 18.4 Å². The number of aromatic amines is 1. The Morgan fingerprint density at radius 3 is 2.66 bits per heavy atom.